The maximum atomic E-state index is 13.1. The maximum absolute atomic E-state index is 13.1. The number of halogens is 1. The minimum atomic E-state index is -4.17. The van der Waals surface area contributed by atoms with Crippen molar-refractivity contribution in [3.05, 3.63) is 52.5 Å². The highest BCUT2D eigenvalue weighted by Gasteiger charge is 2.44. The fraction of sp³-hybridized carbons (Fsp3) is 0.263. The molecule has 28 heavy (non-hydrogen) atoms. The average Bonchev–Trinajstić information content (AvgIpc) is 3.06. The monoisotopic (exact) mass is 466 g/mol. The summed E-state index contributed by atoms with van der Waals surface area (Å²) in [7, 11) is -2.68. The van der Waals surface area contributed by atoms with Gasteiger partial charge in [0.05, 0.1) is 12.0 Å². The Morgan fingerprint density at radius 2 is 1.89 bits per heavy atom. The van der Waals surface area contributed by atoms with Crippen molar-refractivity contribution in [1.82, 2.24) is 4.31 Å². The van der Waals surface area contributed by atoms with Crippen LogP contribution in [0.5, 0.6) is 5.75 Å². The minimum absolute atomic E-state index is 0.00715. The smallest absolute Gasteiger partial charge is 0.267 e. The van der Waals surface area contributed by atoms with E-state index in [0.29, 0.717) is 21.3 Å². The number of ether oxygens (including phenoxy) is 1. The number of benzene rings is 2. The van der Waals surface area contributed by atoms with E-state index >= 15 is 0 Å². The molecule has 1 aliphatic rings. The second-order valence-electron chi connectivity index (χ2n) is 6.38. The third-order valence-electron chi connectivity index (χ3n) is 4.50. The SMILES string of the molecule is COc1ccc(S(=O)(=O)N2C(=O)CC[C@@H]2C(=O)Nc2ccc(Br)cc2)cc1C. The third-order valence-corrected chi connectivity index (χ3v) is 6.85. The van der Waals surface area contributed by atoms with E-state index in [4.69, 9.17) is 4.74 Å². The van der Waals surface area contributed by atoms with Crippen molar-refractivity contribution in [3.8, 4) is 5.75 Å². The lowest BCUT2D eigenvalue weighted by Crippen LogP contribution is -2.45. The van der Waals surface area contributed by atoms with Gasteiger partial charge in [0.25, 0.3) is 10.0 Å². The first-order valence-corrected chi connectivity index (χ1v) is 10.8. The van der Waals surface area contributed by atoms with Gasteiger partial charge in [0.15, 0.2) is 0 Å². The number of nitrogens with one attached hydrogen (secondary N) is 1. The first kappa shape index (κ1) is 20.3. The van der Waals surface area contributed by atoms with Gasteiger partial charge in [-0.15, -0.1) is 0 Å². The molecule has 7 nitrogen and oxygen atoms in total. The Morgan fingerprint density at radius 1 is 1.21 bits per heavy atom. The molecular formula is C19H19BrN2O5S. The molecule has 0 aromatic heterocycles. The number of methoxy groups -OCH3 is 1. The number of carbonyl (C=O) groups is 2. The predicted molar refractivity (Wildman–Crippen MR) is 108 cm³/mol. The Balaban J connectivity index is 1.89. The molecule has 1 atom stereocenters. The Kier molecular flexibility index (Phi) is 5.76. The molecule has 0 aliphatic carbocycles. The first-order valence-electron chi connectivity index (χ1n) is 8.52. The Hall–Kier alpha value is -2.39. The largest absolute Gasteiger partial charge is 0.496 e. The Bertz CT molecular complexity index is 1020. The summed E-state index contributed by atoms with van der Waals surface area (Å²) in [5.41, 5.74) is 1.14. The molecule has 0 radical (unpaired) electrons. The molecule has 0 bridgehead atoms. The summed E-state index contributed by atoms with van der Waals surface area (Å²) < 4.78 is 32.9. The van der Waals surface area contributed by atoms with Crippen LogP contribution < -0.4 is 10.1 Å². The number of nitrogens with zero attached hydrogens (tertiary/aromatic N) is 1. The van der Waals surface area contributed by atoms with Crippen LogP contribution in [0.1, 0.15) is 18.4 Å². The molecule has 0 spiro atoms. The summed E-state index contributed by atoms with van der Waals surface area (Å²) in [6, 6.07) is 10.1. The van der Waals surface area contributed by atoms with Crippen LogP contribution in [0.2, 0.25) is 0 Å². The second-order valence-corrected chi connectivity index (χ2v) is 9.11. The van der Waals surface area contributed by atoms with Crippen molar-refractivity contribution in [2.75, 3.05) is 12.4 Å². The number of aryl methyl sites for hydroxylation is 1. The molecule has 3 rings (SSSR count). The van der Waals surface area contributed by atoms with Gasteiger partial charge in [0, 0.05) is 16.6 Å². The lowest BCUT2D eigenvalue weighted by atomic mass is 10.2. The lowest BCUT2D eigenvalue weighted by Gasteiger charge is -2.24. The van der Waals surface area contributed by atoms with E-state index in [-0.39, 0.29) is 17.7 Å². The van der Waals surface area contributed by atoms with Crippen LogP contribution >= 0.6 is 15.9 Å². The van der Waals surface area contributed by atoms with Gasteiger partial charge in [-0.25, -0.2) is 12.7 Å². The summed E-state index contributed by atoms with van der Waals surface area (Å²) >= 11 is 3.31. The summed E-state index contributed by atoms with van der Waals surface area (Å²) in [6.45, 7) is 1.71. The molecule has 1 heterocycles. The normalized spacial score (nSPS) is 16.9. The molecule has 2 amide bonds. The summed E-state index contributed by atoms with van der Waals surface area (Å²) in [4.78, 5) is 25.0. The van der Waals surface area contributed by atoms with Gasteiger partial charge < -0.3 is 10.1 Å². The van der Waals surface area contributed by atoms with E-state index in [2.05, 4.69) is 21.2 Å². The van der Waals surface area contributed by atoms with Gasteiger partial charge >= 0.3 is 0 Å². The summed E-state index contributed by atoms with van der Waals surface area (Å²) in [5, 5.41) is 2.68. The van der Waals surface area contributed by atoms with Gasteiger partial charge in [-0.2, -0.15) is 0 Å². The van der Waals surface area contributed by atoms with Crippen molar-refractivity contribution in [2.45, 2.75) is 30.7 Å². The fourth-order valence-electron chi connectivity index (χ4n) is 3.08. The standard InChI is InChI=1S/C19H19BrN2O5S/c1-12-11-15(7-9-17(12)27-2)28(25,26)22-16(8-10-18(22)23)19(24)21-14-5-3-13(20)4-6-14/h3-7,9,11,16H,8,10H2,1-2H3,(H,21,24)/t16-/m1/s1. The molecule has 1 aliphatic heterocycles. The molecule has 2 aromatic rings. The van der Waals surface area contributed by atoms with Crippen molar-refractivity contribution < 1.29 is 22.7 Å². The van der Waals surface area contributed by atoms with Crippen molar-refractivity contribution in [1.29, 1.82) is 0 Å². The van der Waals surface area contributed by atoms with Crippen molar-refractivity contribution in [3.63, 3.8) is 0 Å². The summed E-state index contributed by atoms with van der Waals surface area (Å²) in [5.74, 6) is -0.595. The fourth-order valence-corrected chi connectivity index (χ4v) is 5.04. The molecule has 1 saturated heterocycles. The van der Waals surface area contributed by atoms with Crippen LogP contribution in [0, 0.1) is 6.92 Å². The summed E-state index contributed by atoms with van der Waals surface area (Å²) in [6.07, 6.45) is 0.127. The number of amides is 2. The predicted octanol–water partition coefficient (Wildman–Crippen LogP) is 3.08. The minimum Gasteiger partial charge on any atom is -0.496 e. The molecule has 2 aromatic carbocycles. The van der Waals surface area contributed by atoms with Gasteiger partial charge in [-0.1, -0.05) is 15.9 Å². The molecule has 1 N–H and O–H groups in total. The van der Waals surface area contributed by atoms with E-state index in [0.717, 1.165) is 4.47 Å². The second kappa shape index (κ2) is 7.92. The highest BCUT2D eigenvalue weighted by Crippen LogP contribution is 2.30. The number of anilines is 1. The van der Waals surface area contributed by atoms with Crippen LogP contribution in [-0.4, -0.2) is 37.7 Å². The van der Waals surface area contributed by atoms with Gasteiger partial charge in [-0.3, -0.25) is 9.59 Å². The molecule has 9 heteroatoms. The number of hydrogen-bond acceptors (Lipinski definition) is 5. The van der Waals surface area contributed by atoms with E-state index in [1.54, 1.807) is 31.2 Å². The zero-order chi connectivity index (χ0) is 20.5. The maximum Gasteiger partial charge on any atom is 0.267 e. The van der Waals surface area contributed by atoms with Crippen molar-refractivity contribution >= 4 is 43.5 Å². The Labute approximate surface area is 171 Å². The van der Waals surface area contributed by atoms with E-state index < -0.39 is 27.9 Å². The zero-order valence-corrected chi connectivity index (χ0v) is 17.7. The van der Waals surface area contributed by atoms with Crippen LogP contribution in [-0.2, 0) is 19.6 Å². The first-order chi connectivity index (χ1) is 13.2. The average molecular weight is 467 g/mol. The topological polar surface area (TPSA) is 92.8 Å². The van der Waals surface area contributed by atoms with Crippen LogP contribution in [0.15, 0.2) is 51.8 Å². The lowest BCUT2D eigenvalue weighted by molar-refractivity contribution is -0.128. The van der Waals surface area contributed by atoms with Crippen LogP contribution in [0.25, 0.3) is 0 Å². The number of rotatable bonds is 5. The zero-order valence-electron chi connectivity index (χ0n) is 15.3. The Morgan fingerprint density at radius 3 is 2.50 bits per heavy atom. The number of carbonyl (C=O) groups excluding carboxylic acids is 2. The molecular weight excluding hydrogens is 448 g/mol. The third kappa shape index (κ3) is 3.90. The molecule has 1 fully saturated rings. The quantitative estimate of drug-likeness (QED) is 0.730. The van der Waals surface area contributed by atoms with Crippen molar-refractivity contribution in [2.24, 2.45) is 0 Å². The van der Waals surface area contributed by atoms with Crippen LogP contribution in [0.3, 0.4) is 0 Å². The van der Waals surface area contributed by atoms with Gasteiger partial charge in [-0.05, 0) is 61.4 Å². The molecule has 148 valence electrons. The molecule has 0 saturated carbocycles. The van der Waals surface area contributed by atoms with Crippen LogP contribution in [0.4, 0.5) is 5.69 Å². The molecule has 0 unspecified atom stereocenters. The van der Waals surface area contributed by atoms with E-state index in [1.807, 2.05) is 0 Å². The van der Waals surface area contributed by atoms with Gasteiger partial charge in [0.2, 0.25) is 11.8 Å². The highest BCUT2D eigenvalue weighted by molar-refractivity contribution is 9.10. The van der Waals surface area contributed by atoms with Gasteiger partial charge in [0.1, 0.15) is 11.8 Å². The number of sulfonamides is 1. The van der Waals surface area contributed by atoms with E-state index in [9.17, 15) is 18.0 Å². The van der Waals surface area contributed by atoms with E-state index in [1.165, 1.54) is 25.3 Å². The highest BCUT2D eigenvalue weighted by atomic mass is 79.9. The number of hydrogen-bond donors (Lipinski definition) is 1.